The molecule has 1 aromatic carbocycles. The molecule has 0 radical (unpaired) electrons. The molecule has 1 saturated heterocycles. The number of ether oxygens (including phenoxy) is 2. The average molecular weight is 295 g/mol. The standard InChI is InChI=1S/C14H21N3O4/c1-16-5-6-21-13(10-16)9-15-8-11-7-12(17(18)19)3-4-14(11)20-2/h3-4,7,13,15H,5-6,8-10H2,1-2H3. The van der Waals surface area contributed by atoms with E-state index in [0.29, 0.717) is 18.8 Å². The van der Waals surface area contributed by atoms with Crippen LogP contribution in [0.3, 0.4) is 0 Å². The van der Waals surface area contributed by atoms with E-state index in [-0.39, 0.29) is 11.8 Å². The molecule has 7 nitrogen and oxygen atoms in total. The number of morpholine rings is 1. The summed E-state index contributed by atoms with van der Waals surface area (Å²) in [4.78, 5) is 12.7. The number of nitro benzene ring substituents is 1. The van der Waals surface area contributed by atoms with Crippen molar-refractivity contribution in [2.75, 3.05) is 40.4 Å². The summed E-state index contributed by atoms with van der Waals surface area (Å²) in [5.74, 6) is 0.648. The van der Waals surface area contributed by atoms with E-state index in [2.05, 4.69) is 17.3 Å². The van der Waals surface area contributed by atoms with Gasteiger partial charge in [0.2, 0.25) is 0 Å². The lowest BCUT2D eigenvalue weighted by Gasteiger charge is -2.30. The molecule has 0 aromatic heterocycles. The maximum atomic E-state index is 10.8. The number of likely N-dealkylation sites (N-methyl/N-ethyl adjacent to an activating group) is 1. The highest BCUT2D eigenvalue weighted by atomic mass is 16.6. The zero-order chi connectivity index (χ0) is 15.2. The van der Waals surface area contributed by atoms with E-state index in [1.54, 1.807) is 19.2 Å². The van der Waals surface area contributed by atoms with Crippen LogP contribution in [0.25, 0.3) is 0 Å². The summed E-state index contributed by atoms with van der Waals surface area (Å²) >= 11 is 0. The van der Waals surface area contributed by atoms with Crippen LogP contribution in [0, 0.1) is 10.1 Å². The average Bonchev–Trinajstić information content (AvgIpc) is 2.47. The summed E-state index contributed by atoms with van der Waals surface area (Å²) in [6, 6.07) is 4.61. The Balaban J connectivity index is 1.92. The third-order valence-corrected chi connectivity index (χ3v) is 3.50. The van der Waals surface area contributed by atoms with Gasteiger partial charge >= 0.3 is 0 Å². The first-order chi connectivity index (χ1) is 10.1. The Hall–Kier alpha value is -1.70. The van der Waals surface area contributed by atoms with Gasteiger partial charge in [-0.15, -0.1) is 0 Å². The molecule has 1 aromatic rings. The second kappa shape index (κ2) is 7.35. The van der Waals surface area contributed by atoms with E-state index in [4.69, 9.17) is 9.47 Å². The van der Waals surface area contributed by atoms with E-state index in [1.807, 2.05) is 0 Å². The van der Waals surface area contributed by atoms with Crippen molar-refractivity contribution in [3.05, 3.63) is 33.9 Å². The number of hydrogen-bond acceptors (Lipinski definition) is 6. The van der Waals surface area contributed by atoms with Crippen molar-refractivity contribution in [1.29, 1.82) is 0 Å². The van der Waals surface area contributed by atoms with Crippen molar-refractivity contribution < 1.29 is 14.4 Å². The van der Waals surface area contributed by atoms with Gasteiger partial charge in [-0.1, -0.05) is 0 Å². The van der Waals surface area contributed by atoms with Gasteiger partial charge in [-0.25, -0.2) is 0 Å². The molecule has 0 amide bonds. The number of methoxy groups -OCH3 is 1. The molecule has 1 atom stereocenters. The third-order valence-electron chi connectivity index (χ3n) is 3.50. The minimum Gasteiger partial charge on any atom is -0.496 e. The Morgan fingerprint density at radius 1 is 1.57 bits per heavy atom. The Labute approximate surface area is 124 Å². The summed E-state index contributed by atoms with van der Waals surface area (Å²) in [6.07, 6.45) is 0.147. The van der Waals surface area contributed by atoms with E-state index in [1.165, 1.54) is 6.07 Å². The highest BCUT2D eigenvalue weighted by Gasteiger charge is 2.17. The molecule has 0 aliphatic carbocycles. The molecule has 1 heterocycles. The van der Waals surface area contributed by atoms with Crippen molar-refractivity contribution >= 4 is 5.69 Å². The van der Waals surface area contributed by atoms with Crippen molar-refractivity contribution in [2.45, 2.75) is 12.6 Å². The molecule has 2 rings (SSSR count). The van der Waals surface area contributed by atoms with Gasteiger partial charge in [0.1, 0.15) is 5.75 Å². The van der Waals surface area contributed by atoms with Gasteiger partial charge in [-0.3, -0.25) is 10.1 Å². The molecule has 1 fully saturated rings. The highest BCUT2D eigenvalue weighted by Crippen LogP contribution is 2.23. The van der Waals surface area contributed by atoms with Gasteiger partial charge in [-0.05, 0) is 13.1 Å². The van der Waals surface area contributed by atoms with E-state index >= 15 is 0 Å². The molecule has 1 unspecified atom stereocenters. The summed E-state index contributed by atoms with van der Waals surface area (Å²) < 4.78 is 10.9. The Bertz CT molecular complexity index is 495. The molecule has 1 aliphatic rings. The largest absolute Gasteiger partial charge is 0.496 e. The molecular weight excluding hydrogens is 274 g/mol. The third kappa shape index (κ3) is 4.38. The normalized spacial score (nSPS) is 19.4. The lowest BCUT2D eigenvalue weighted by molar-refractivity contribution is -0.384. The van der Waals surface area contributed by atoms with Crippen LogP contribution in [0.4, 0.5) is 5.69 Å². The fourth-order valence-corrected chi connectivity index (χ4v) is 2.37. The zero-order valence-electron chi connectivity index (χ0n) is 12.4. The zero-order valence-corrected chi connectivity index (χ0v) is 12.4. The predicted octanol–water partition coefficient (Wildman–Crippen LogP) is 1.02. The monoisotopic (exact) mass is 295 g/mol. The summed E-state index contributed by atoms with van der Waals surface area (Å²) in [5.41, 5.74) is 0.845. The van der Waals surface area contributed by atoms with Crippen molar-refractivity contribution in [3.63, 3.8) is 0 Å². The van der Waals surface area contributed by atoms with Gasteiger partial charge in [0.15, 0.2) is 0 Å². The summed E-state index contributed by atoms with van der Waals surface area (Å²) in [7, 11) is 3.63. The van der Waals surface area contributed by atoms with Crippen molar-refractivity contribution in [3.8, 4) is 5.75 Å². The van der Waals surface area contributed by atoms with Crippen LogP contribution >= 0.6 is 0 Å². The van der Waals surface area contributed by atoms with Gasteiger partial charge < -0.3 is 19.7 Å². The Morgan fingerprint density at radius 2 is 2.38 bits per heavy atom. The first-order valence-corrected chi connectivity index (χ1v) is 6.92. The molecule has 116 valence electrons. The second-order valence-electron chi connectivity index (χ2n) is 5.14. The minimum atomic E-state index is -0.401. The minimum absolute atomic E-state index is 0.0706. The molecule has 7 heteroatoms. The molecule has 1 aliphatic heterocycles. The summed E-state index contributed by atoms with van der Waals surface area (Å²) in [6.45, 7) is 3.79. The van der Waals surface area contributed by atoms with Crippen LogP contribution in [-0.2, 0) is 11.3 Å². The van der Waals surface area contributed by atoms with Crippen LogP contribution < -0.4 is 10.1 Å². The Morgan fingerprint density at radius 3 is 3.05 bits per heavy atom. The van der Waals surface area contributed by atoms with Crippen LogP contribution in [0.15, 0.2) is 18.2 Å². The maximum Gasteiger partial charge on any atom is 0.270 e. The molecule has 0 spiro atoms. The van der Waals surface area contributed by atoms with Crippen LogP contribution in [0.1, 0.15) is 5.56 Å². The SMILES string of the molecule is COc1ccc([N+](=O)[O-])cc1CNCC1CN(C)CCO1. The second-order valence-corrected chi connectivity index (χ2v) is 5.14. The van der Waals surface area contributed by atoms with Gasteiger partial charge in [-0.2, -0.15) is 0 Å². The number of nitro groups is 1. The number of hydrogen-bond donors (Lipinski definition) is 1. The highest BCUT2D eigenvalue weighted by molar-refractivity contribution is 5.43. The fourth-order valence-electron chi connectivity index (χ4n) is 2.37. The first kappa shape index (κ1) is 15.7. The van der Waals surface area contributed by atoms with Crippen molar-refractivity contribution in [1.82, 2.24) is 10.2 Å². The van der Waals surface area contributed by atoms with Gasteiger partial charge in [0.25, 0.3) is 5.69 Å². The van der Waals surface area contributed by atoms with E-state index in [9.17, 15) is 10.1 Å². The fraction of sp³-hybridized carbons (Fsp3) is 0.571. The van der Waals surface area contributed by atoms with Crippen LogP contribution in [0.5, 0.6) is 5.75 Å². The summed E-state index contributed by atoms with van der Waals surface area (Å²) in [5, 5.41) is 14.1. The molecular formula is C14H21N3O4. The van der Waals surface area contributed by atoms with Crippen LogP contribution in [-0.4, -0.2) is 56.3 Å². The van der Waals surface area contributed by atoms with E-state index in [0.717, 1.165) is 25.3 Å². The topological polar surface area (TPSA) is 76.9 Å². The molecule has 1 N–H and O–H groups in total. The predicted molar refractivity (Wildman–Crippen MR) is 78.6 cm³/mol. The lowest BCUT2D eigenvalue weighted by atomic mass is 10.1. The molecule has 0 saturated carbocycles. The lowest BCUT2D eigenvalue weighted by Crippen LogP contribution is -2.44. The smallest absolute Gasteiger partial charge is 0.270 e. The van der Waals surface area contributed by atoms with Crippen molar-refractivity contribution in [2.24, 2.45) is 0 Å². The quantitative estimate of drug-likeness (QED) is 0.624. The Kier molecular flexibility index (Phi) is 5.49. The number of benzene rings is 1. The van der Waals surface area contributed by atoms with Gasteiger partial charge in [0, 0.05) is 43.9 Å². The van der Waals surface area contributed by atoms with Crippen LogP contribution in [0.2, 0.25) is 0 Å². The molecule has 0 bridgehead atoms. The van der Waals surface area contributed by atoms with E-state index < -0.39 is 4.92 Å². The molecule has 21 heavy (non-hydrogen) atoms. The number of nitrogens with zero attached hydrogens (tertiary/aromatic N) is 2. The first-order valence-electron chi connectivity index (χ1n) is 6.92. The maximum absolute atomic E-state index is 10.8. The number of rotatable bonds is 6. The van der Waals surface area contributed by atoms with Gasteiger partial charge in [0.05, 0.1) is 24.7 Å². The number of non-ortho nitro benzene ring substituents is 1. The number of nitrogens with one attached hydrogen (secondary N) is 1.